The summed E-state index contributed by atoms with van der Waals surface area (Å²) < 4.78 is 5.22. The van der Waals surface area contributed by atoms with Gasteiger partial charge in [0.25, 0.3) is 5.91 Å². The number of piperazine rings is 1. The van der Waals surface area contributed by atoms with E-state index in [-0.39, 0.29) is 5.91 Å². The molecule has 26 heavy (non-hydrogen) atoms. The van der Waals surface area contributed by atoms with Crippen LogP contribution in [0.2, 0.25) is 0 Å². The molecule has 3 rings (SSSR count). The molecule has 2 aromatic rings. The van der Waals surface area contributed by atoms with Gasteiger partial charge in [0, 0.05) is 44.4 Å². The van der Waals surface area contributed by atoms with Crippen LogP contribution in [0.5, 0.6) is 0 Å². The van der Waals surface area contributed by atoms with E-state index in [2.05, 4.69) is 36.9 Å². The van der Waals surface area contributed by atoms with E-state index in [4.69, 9.17) is 4.74 Å². The molecule has 0 aromatic heterocycles. The molecule has 0 spiro atoms. The van der Waals surface area contributed by atoms with Crippen LogP contribution in [-0.4, -0.2) is 61.1 Å². The Morgan fingerprint density at radius 2 is 1.65 bits per heavy atom. The average Bonchev–Trinajstić information content (AvgIpc) is 2.67. The summed E-state index contributed by atoms with van der Waals surface area (Å²) in [4.78, 5) is 17.5. The van der Waals surface area contributed by atoms with Gasteiger partial charge in [-0.1, -0.05) is 42.5 Å². The van der Waals surface area contributed by atoms with Crippen LogP contribution >= 0.6 is 0 Å². The number of benzene rings is 2. The maximum absolute atomic E-state index is 13.1. The van der Waals surface area contributed by atoms with E-state index in [0.29, 0.717) is 12.1 Å². The van der Waals surface area contributed by atoms with Crippen LogP contribution in [0.1, 0.15) is 24.2 Å². The first-order chi connectivity index (χ1) is 12.6. The summed E-state index contributed by atoms with van der Waals surface area (Å²) >= 11 is 0. The van der Waals surface area contributed by atoms with Crippen LogP contribution < -0.4 is 0 Å². The minimum Gasteiger partial charge on any atom is -0.383 e. The first-order valence-electron chi connectivity index (χ1n) is 9.29. The lowest BCUT2D eigenvalue weighted by Crippen LogP contribution is -2.58. The molecule has 4 nitrogen and oxygen atoms in total. The molecule has 1 aliphatic rings. The lowest BCUT2D eigenvalue weighted by molar-refractivity contribution is 0.0193. The van der Waals surface area contributed by atoms with Gasteiger partial charge < -0.3 is 9.64 Å². The zero-order valence-electron chi connectivity index (χ0n) is 15.9. The molecule has 0 aliphatic carbocycles. The van der Waals surface area contributed by atoms with Crippen molar-refractivity contribution in [2.75, 3.05) is 33.4 Å². The van der Waals surface area contributed by atoms with Crippen LogP contribution in [0.3, 0.4) is 0 Å². The second-order valence-electron chi connectivity index (χ2n) is 7.09. The molecule has 0 saturated carbocycles. The van der Waals surface area contributed by atoms with Crippen LogP contribution in [0, 0.1) is 0 Å². The number of carbonyl (C=O) groups excluding carboxylic acids is 1. The van der Waals surface area contributed by atoms with Crippen molar-refractivity contribution in [2.45, 2.75) is 25.9 Å². The van der Waals surface area contributed by atoms with Gasteiger partial charge in [-0.05, 0) is 37.1 Å². The number of nitrogens with zero attached hydrogens (tertiary/aromatic N) is 2. The third kappa shape index (κ3) is 4.14. The molecule has 1 aliphatic heterocycles. The van der Waals surface area contributed by atoms with E-state index >= 15 is 0 Å². The number of hydrogen-bond donors (Lipinski definition) is 0. The van der Waals surface area contributed by atoms with Crippen molar-refractivity contribution >= 4 is 5.91 Å². The smallest absolute Gasteiger partial charge is 0.253 e. The van der Waals surface area contributed by atoms with Crippen LogP contribution in [0.4, 0.5) is 0 Å². The van der Waals surface area contributed by atoms with Crippen molar-refractivity contribution in [2.24, 2.45) is 0 Å². The highest BCUT2D eigenvalue weighted by molar-refractivity contribution is 5.95. The van der Waals surface area contributed by atoms with E-state index < -0.39 is 0 Å². The molecule has 1 amide bonds. The summed E-state index contributed by atoms with van der Waals surface area (Å²) in [6.45, 7) is 7.51. The number of amides is 1. The maximum atomic E-state index is 13.1. The molecule has 1 fully saturated rings. The standard InChI is InChI=1S/C22H28N2O2/c1-17-15-23(16-18(2)24(17)12-13-26-3)22(25)21-11-7-10-20(14-21)19-8-5-4-6-9-19/h4-11,14,17-18H,12-13,15-16H2,1-3H3. The number of ether oxygens (including phenoxy) is 1. The predicted octanol–water partition coefficient (Wildman–Crippen LogP) is 3.53. The first kappa shape index (κ1) is 18.6. The zero-order valence-corrected chi connectivity index (χ0v) is 15.9. The molecule has 138 valence electrons. The minimum atomic E-state index is 0.118. The Kier molecular flexibility index (Phi) is 6.07. The monoisotopic (exact) mass is 352 g/mol. The van der Waals surface area contributed by atoms with Gasteiger partial charge >= 0.3 is 0 Å². The van der Waals surface area contributed by atoms with Crippen molar-refractivity contribution in [3.63, 3.8) is 0 Å². The second-order valence-corrected chi connectivity index (χ2v) is 7.09. The fourth-order valence-corrected chi connectivity index (χ4v) is 3.80. The number of methoxy groups -OCH3 is 1. The van der Waals surface area contributed by atoms with E-state index in [1.165, 1.54) is 0 Å². The third-order valence-corrected chi connectivity index (χ3v) is 5.16. The molecule has 0 bridgehead atoms. The van der Waals surface area contributed by atoms with Gasteiger partial charge in [0.05, 0.1) is 6.61 Å². The summed E-state index contributed by atoms with van der Waals surface area (Å²) in [6, 6.07) is 18.8. The maximum Gasteiger partial charge on any atom is 0.253 e. The average molecular weight is 352 g/mol. The fourth-order valence-electron chi connectivity index (χ4n) is 3.80. The van der Waals surface area contributed by atoms with E-state index in [0.717, 1.165) is 42.9 Å². The summed E-state index contributed by atoms with van der Waals surface area (Å²) in [5.41, 5.74) is 2.97. The molecule has 0 N–H and O–H groups in total. The molecular formula is C22H28N2O2. The molecule has 1 heterocycles. The lowest BCUT2D eigenvalue weighted by atomic mass is 10.0. The Morgan fingerprint density at radius 3 is 2.31 bits per heavy atom. The lowest BCUT2D eigenvalue weighted by Gasteiger charge is -2.44. The topological polar surface area (TPSA) is 32.8 Å². The summed E-state index contributed by atoms with van der Waals surface area (Å²) in [5.74, 6) is 0.118. The van der Waals surface area contributed by atoms with Crippen LogP contribution in [-0.2, 0) is 4.74 Å². The van der Waals surface area contributed by atoms with Crippen LogP contribution in [0.15, 0.2) is 54.6 Å². The number of rotatable bonds is 5. The molecular weight excluding hydrogens is 324 g/mol. The molecule has 0 radical (unpaired) electrons. The highest BCUT2D eigenvalue weighted by atomic mass is 16.5. The molecule has 2 unspecified atom stereocenters. The normalized spacial score (nSPS) is 21.0. The number of carbonyl (C=O) groups is 1. The second kappa shape index (κ2) is 8.47. The van der Waals surface area contributed by atoms with E-state index in [9.17, 15) is 4.79 Å². The highest BCUT2D eigenvalue weighted by Crippen LogP contribution is 2.22. The van der Waals surface area contributed by atoms with Crippen molar-refractivity contribution in [3.8, 4) is 11.1 Å². The molecule has 2 aromatic carbocycles. The van der Waals surface area contributed by atoms with Crippen molar-refractivity contribution < 1.29 is 9.53 Å². The Morgan fingerprint density at radius 1 is 1.00 bits per heavy atom. The molecule has 2 atom stereocenters. The summed E-state index contributed by atoms with van der Waals surface area (Å²) in [7, 11) is 1.73. The zero-order chi connectivity index (χ0) is 18.5. The van der Waals surface area contributed by atoms with E-state index in [1.807, 2.05) is 41.3 Å². The Labute approximate surface area is 156 Å². The van der Waals surface area contributed by atoms with Gasteiger partial charge in [0.15, 0.2) is 0 Å². The highest BCUT2D eigenvalue weighted by Gasteiger charge is 2.31. The Hall–Kier alpha value is -2.17. The van der Waals surface area contributed by atoms with Crippen LogP contribution in [0.25, 0.3) is 11.1 Å². The largest absolute Gasteiger partial charge is 0.383 e. The van der Waals surface area contributed by atoms with E-state index in [1.54, 1.807) is 7.11 Å². The van der Waals surface area contributed by atoms with Crippen molar-refractivity contribution in [1.82, 2.24) is 9.80 Å². The van der Waals surface area contributed by atoms with Gasteiger partial charge in [-0.15, -0.1) is 0 Å². The SMILES string of the molecule is COCCN1C(C)CN(C(=O)c2cccc(-c3ccccc3)c2)CC1C. The molecule has 4 heteroatoms. The summed E-state index contributed by atoms with van der Waals surface area (Å²) in [6.07, 6.45) is 0. The van der Waals surface area contributed by atoms with Gasteiger partial charge in [0.1, 0.15) is 0 Å². The predicted molar refractivity (Wildman–Crippen MR) is 105 cm³/mol. The first-order valence-corrected chi connectivity index (χ1v) is 9.29. The van der Waals surface area contributed by atoms with Crippen molar-refractivity contribution in [3.05, 3.63) is 60.2 Å². The third-order valence-electron chi connectivity index (χ3n) is 5.16. The van der Waals surface area contributed by atoms with Crippen molar-refractivity contribution in [1.29, 1.82) is 0 Å². The fraction of sp³-hybridized carbons (Fsp3) is 0.409. The van der Waals surface area contributed by atoms with Gasteiger partial charge in [-0.3, -0.25) is 9.69 Å². The van der Waals surface area contributed by atoms with Gasteiger partial charge in [0.2, 0.25) is 0 Å². The molecule has 1 saturated heterocycles. The van der Waals surface area contributed by atoms with Gasteiger partial charge in [-0.2, -0.15) is 0 Å². The summed E-state index contributed by atoms with van der Waals surface area (Å²) in [5, 5.41) is 0. The Balaban J connectivity index is 1.74. The minimum absolute atomic E-state index is 0.118. The Bertz CT molecular complexity index is 720. The quantitative estimate of drug-likeness (QED) is 0.825. The number of hydrogen-bond acceptors (Lipinski definition) is 3. The van der Waals surface area contributed by atoms with Gasteiger partial charge in [-0.25, -0.2) is 0 Å².